The van der Waals surface area contributed by atoms with Crippen molar-refractivity contribution in [2.24, 2.45) is 0 Å². The molecule has 0 atom stereocenters. The molecule has 0 radical (unpaired) electrons. The Morgan fingerprint density at radius 1 is 1.21 bits per heavy atom. The molecule has 140 valence electrons. The van der Waals surface area contributed by atoms with E-state index in [1.165, 1.54) is 17.6 Å². The molecule has 4 rings (SSSR count). The van der Waals surface area contributed by atoms with Crippen LogP contribution in [0.15, 0.2) is 63.3 Å². The molecule has 6 nitrogen and oxygen atoms in total. The van der Waals surface area contributed by atoms with Crippen LogP contribution in [0.5, 0.6) is 5.75 Å². The minimum absolute atomic E-state index is 0.0595. The minimum Gasteiger partial charge on any atom is -0.496 e. The smallest absolute Gasteiger partial charge is 0.264 e. The summed E-state index contributed by atoms with van der Waals surface area (Å²) in [6, 6.07) is 12.6. The molecule has 28 heavy (non-hydrogen) atoms. The molecule has 0 saturated heterocycles. The van der Waals surface area contributed by atoms with Crippen molar-refractivity contribution < 1.29 is 13.9 Å². The molecule has 0 unspecified atom stereocenters. The molecule has 0 aliphatic carbocycles. The van der Waals surface area contributed by atoms with Crippen LogP contribution in [-0.4, -0.2) is 18.0 Å². The average molecular weight is 392 g/mol. The molecular weight excluding hydrogens is 376 g/mol. The number of hydrogen-bond acceptors (Lipinski definition) is 6. The van der Waals surface area contributed by atoms with Gasteiger partial charge in [-0.25, -0.2) is 4.98 Å². The number of benzene rings is 2. The van der Waals surface area contributed by atoms with Gasteiger partial charge >= 0.3 is 0 Å². The number of carbonyl (C=O) groups excluding carboxylic acids is 1. The number of anilines is 1. The fraction of sp³-hybridized carbons (Fsp3) is 0.0952. The predicted molar refractivity (Wildman–Crippen MR) is 109 cm³/mol. The van der Waals surface area contributed by atoms with Crippen LogP contribution >= 0.6 is 11.3 Å². The third-order valence-electron chi connectivity index (χ3n) is 4.34. The number of thiazole rings is 1. The van der Waals surface area contributed by atoms with Crippen molar-refractivity contribution >= 4 is 33.3 Å². The van der Waals surface area contributed by atoms with Gasteiger partial charge < -0.3 is 9.15 Å². The summed E-state index contributed by atoms with van der Waals surface area (Å²) in [5.41, 5.74) is 2.65. The van der Waals surface area contributed by atoms with Gasteiger partial charge in [-0.3, -0.25) is 14.9 Å². The van der Waals surface area contributed by atoms with Gasteiger partial charge in [0.2, 0.25) is 5.43 Å². The van der Waals surface area contributed by atoms with E-state index >= 15 is 0 Å². The van der Waals surface area contributed by atoms with E-state index < -0.39 is 5.91 Å². The summed E-state index contributed by atoms with van der Waals surface area (Å²) >= 11 is 1.29. The molecular formula is C21H16N2O4S. The molecule has 2 aromatic carbocycles. The number of ether oxygens (including phenoxy) is 1. The number of para-hydroxylation sites is 1. The average Bonchev–Trinajstić information content (AvgIpc) is 3.16. The first-order valence-electron chi connectivity index (χ1n) is 8.49. The lowest BCUT2D eigenvalue weighted by atomic mass is 10.1. The Labute approximate surface area is 164 Å². The summed E-state index contributed by atoms with van der Waals surface area (Å²) in [5.74, 6) is 0.252. The van der Waals surface area contributed by atoms with E-state index in [4.69, 9.17) is 9.15 Å². The van der Waals surface area contributed by atoms with Crippen molar-refractivity contribution in [1.82, 2.24) is 4.98 Å². The summed E-state index contributed by atoms with van der Waals surface area (Å²) in [6.45, 7) is 1.95. The highest BCUT2D eigenvalue weighted by atomic mass is 32.1. The van der Waals surface area contributed by atoms with E-state index in [0.29, 0.717) is 16.1 Å². The number of aryl methyl sites for hydroxylation is 1. The summed E-state index contributed by atoms with van der Waals surface area (Å²) in [6.07, 6.45) is 1.18. The number of hydrogen-bond donors (Lipinski definition) is 1. The number of fused-ring (bicyclic) bond motifs is 1. The molecule has 0 bridgehead atoms. The molecule has 0 aliphatic heterocycles. The van der Waals surface area contributed by atoms with Crippen LogP contribution < -0.4 is 15.5 Å². The summed E-state index contributed by atoms with van der Waals surface area (Å²) in [5, 5.41) is 5.29. The Kier molecular flexibility index (Phi) is 4.67. The van der Waals surface area contributed by atoms with Gasteiger partial charge in [0, 0.05) is 10.9 Å². The monoisotopic (exact) mass is 392 g/mol. The highest BCUT2D eigenvalue weighted by Crippen LogP contribution is 2.29. The first-order chi connectivity index (χ1) is 13.6. The van der Waals surface area contributed by atoms with Crippen molar-refractivity contribution in [2.75, 3.05) is 12.4 Å². The lowest BCUT2D eigenvalue weighted by Crippen LogP contribution is -2.21. The lowest BCUT2D eigenvalue weighted by molar-refractivity contribution is 0.102. The number of aromatic nitrogens is 1. The topological polar surface area (TPSA) is 81.4 Å². The first-order valence-corrected chi connectivity index (χ1v) is 9.37. The zero-order chi connectivity index (χ0) is 19.7. The van der Waals surface area contributed by atoms with Crippen LogP contribution in [0.25, 0.3) is 22.2 Å². The molecule has 0 fully saturated rings. The predicted octanol–water partition coefficient (Wildman–Crippen LogP) is 4.49. The molecule has 0 spiro atoms. The second-order valence-corrected chi connectivity index (χ2v) is 7.01. The first kappa shape index (κ1) is 17.9. The number of nitrogens with one attached hydrogen (secondary N) is 1. The maximum Gasteiger partial charge on any atom is 0.264 e. The maximum atomic E-state index is 12.5. The number of nitrogens with zero attached hydrogens (tertiary/aromatic N) is 1. The number of rotatable bonds is 4. The van der Waals surface area contributed by atoms with Crippen LogP contribution in [0, 0.1) is 6.92 Å². The second-order valence-electron chi connectivity index (χ2n) is 6.15. The normalized spacial score (nSPS) is 10.8. The summed E-state index contributed by atoms with van der Waals surface area (Å²) in [7, 11) is 1.63. The van der Waals surface area contributed by atoms with Gasteiger partial charge in [0.1, 0.15) is 23.2 Å². The van der Waals surface area contributed by atoms with Crippen LogP contribution in [0.4, 0.5) is 5.13 Å². The molecule has 7 heteroatoms. The van der Waals surface area contributed by atoms with E-state index in [1.54, 1.807) is 31.4 Å². The van der Waals surface area contributed by atoms with Crippen molar-refractivity contribution in [3.05, 3.63) is 75.5 Å². The van der Waals surface area contributed by atoms with Gasteiger partial charge in [-0.15, -0.1) is 11.3 Å². The zero-order valence-corrected chi connectivity index (χ0v) is 16.0. The third kappa shape index (κ3) is 3.27. The Bertz CT molecular complexity index is 1240. The molecule has 0 aliphatic rings. The summed E-state index contributed by atoms with van der Waals surface area (Å²) in [4.78, 5) is 29.5. The van der Waals surface area contributed by atoms with E-state index in [9.17, 15) is 9.59 Å². The Morgan fingerprint density at radius 3 is 2.82 bits per heavy atom. The van der Waals surface area contributed by atoms with E-state index in [2.05, 4.69) is 10.3 Å². The Hall–Kier alpha value is -3.45. The van der Waals surface area contributed by atoms with Gasteiger partial charge in [0.05, 0.1) is 18.2 Å². The van der Waals surface area contributed by atoms with Gasteiger partial charge in [0.15, 0.2) is 5.13 Å². The third-order valence-corrected chi connectivity index (χ3v) is 5.10. The van der Waals surface area contributed by atoms with Gasteiger partial charge in [-0.2, -0.15) is 0 Å². The molecule has 2 heterocycles. The van der Waals surface area contributed by atoms with E-state index in [1.807, 2.05) is 30.5 Å². The molecule has 2 aromatic heterocycles. The van der Waals surface area contributed by atoms with Crippen LogP contribution in [-0.2, 0) is 0 Å². The van der Waals surface area contributed by atoms with Crippen LogP contribution in [0.2, 0.25) is 0 Å². The summed E-state index contributed by atoms with van der Waals surface area (Å²) < 4.78 is 10.7. The van der Waals surface area contributed by atoms with E-state index in [0.717, 1.165) is 22.6 Å². The minimum atomic E-state index is -0.550. The standard InChI is InChI=1S/C21H16N2O4S/c1-12-9-13(7-8-17(12)26-2)16-11-28-21(22-16)23-20(25)15-10-27-18-6-4-3-5-14(18)19(15)24/h3-11H,1-2H3,(H,22,23,25). The number of carbonyl (C=O) groups is 1. The highest BCUT2D eigenvalue weighted by Gasteiger charge is 2.16. The van der Waals surface area contributed by atoms with Crippen molar-refractivity contribution in [2.45, 2.75) is 6.92 Å². The Balaban J connectivity index is 1.59. The quantitative estimate of drug-likeness (QED) is 0.554. The molecule has 4 aromatic rings. The second kappa shape index (κ2) is 7.28. The van der Waals surface area contributed by atoms with Crippen molar-refractivity contribution in [1.29, 1.82) is 0 Å². The fourth-order valence-electron chi connectivity index (χ4n) is 2.90. The maximum absolute atomic E-state index is 12.5. The molecule has 0 saturated carbocycles. The molecule has 1 N–H and O–H groups in total. The van der Waals surface area contributed by atoms with Crippen LogP contribution in [0.1, 0.15) is 15.9 Å². The van der Waals surface area contributed by atoms with Crippen LogP contribution in [0.3, 0.4) is 0 Å². The zero-order valence-electron chi connectivity index (χ0n) is 15.2. The van der Waals surface area contributed by atoms with Crippen molar-refractivity contribution in [3.8, 4) is 17.0 Å². The Morgan fingerprint density at radius 2 is 2.04 bits per heavy atom. The van der Waals surface area contributed by atoms with Gasteiger partial charge in [-0.1, -0.05) is 12.1 Å². The SMILES string of the molecule is COc1ccc(-c2csc(NC(=O)c3coc4ccccc4c3=O)n2)cc1C. The van der Waals surface area contributed by atoms with Crippen molar-refractivity contribution in [3.63, 3.8) is 0 Å². The largest absolute Gasteiger partial charge is 0.496 e. The van der Waals surface area contributed by atoms with Gasteiger partial charge in [0.25, 0.3) is 5.91 Å². The number of methoxy groups -OCH3 is 1. The molecule has 1 amide bonds. The fourth-order valence-corrected chi connectivity index (χ4v) is 3.62. The van der Waals surface area contributed by atoms with Gasteiger partial charge in [-0.05, 0) is 42.8 Å². The lowest BCUT2D eigenvalue weighted by Gasteiger charge is -2.05. The van der Waals surface area contributed by atoms with E-state index in [-0.39, 0.29) is 11.0 Å². The number of amides is 1. The highest BCUT2D eigenvalue weighted by molar-refractivity contribution is 7.14.